The number of nitrogens with zero attached hydrogens (tertiary/aromatic N) is 1. The van der Waals surface area contributed by atoms with Crippen molar-refractivity contribution in [3.8, 4) is 0 Å². The van der Waals surface area contributed by atoms with E-state index in [-0.39, 0.29) is 0 Å². The van der Waals surface area contributed by atoms with E-state index in [2.05, 4.69) is 15.6 Å². The Bertz CT molecular complexity index is 475. The molecule has 0 spiro atoms. The molecule has 20 heavy (non-hydrogen) atoms. The van der Waals surface area contributed by atoms with E-state index in [4.69, 9.17) is 0 Å². The zero-order valence-corrected chi connectivity index (χ0v) is 12.1. The number of anilines is 1. The first-order valence-electron chi connectivity index (χ1n) is 5.99. The first-order chi connectivity index (χ1) is 9.40. The van der Waals surface area contributed by atoms with E-state index in [1.54, 1.807) is 6.20 Å². The summed E-state index contributed by atoms with van der Waals surface area (Å²) in [5.74, 6) is -3.51. The average Bonchev–Trinajstić information content (AvgIpc) is 2.41. The maximum atomic E-state index is 12.5. The maximum absolute atomic E-state index is 12.5. The van der Waals surface area contributed by atoms with Crippen molar-refractivity contribution in [2.45, 2.75) is 17.9 Å². The van der Waals surface area contributed by atoms with E-state index >= 15 is 0 Å². The van der Waals surface area contributed by atoms with Gasteiger partial charge in [0.15, 0.2) is 0 Å². The molecule has 0 aliphatic rings. The standard InChI is InChI=1S/C13H17F2N3OS/c1-13(14,15)5-3-11(19)17-8-7-16-10-4-6-18-12(9-10)20-2/h3-6,9H,7-8H2,1-2H3,(H,16,18)(H,17,19)/b5-3+. The third-order valence-corrected chi connectivity index (χ3v) is 2.87. The van der Waals surface area contributed by atoms with Crippen LogP contribution in [0.15, 0.2) is 35.5 Å². The van der Waals surface area contributed by atoms with Gasteiger partial charge in [-0.05, 0) is 24.5 Å². The highest BCUT2D eigenvalue weighted by molar-refractivity contribution is 7.98. The lowest BCUT2D eigenvalue weighted by molar-refractivity contribution is -0.116. The molecule has 0 saturated heterocycles. The van der Waals surface area contributed by atoms with Crippen molar-refractivity contribution in [3.05, 3.63) is 30.5 Å². The van der Waals surface area contributed by atoms with Gasteiger partial charge in [0.1, 0.15) is 0 Å². The van der Waals surface area contributed by atoms with E-state index in [0.29, 0.717) is 19.2 Å². The largest absolute Gasteiger partial charge is 0.383 e. The van der Waals surface area contributed by atoms with Crippen LogP contribution in [0.4, 0.5) is 14.5 Å². The van der Waals surface area contributed by atoms with Crippen molar-refractivity contribution in [1.82, 2.24) is 10.3 Å². The van der Waals surface area contributed by atoms with Crippen LogP contribution in [-0.4, -0.2) is 36.2 Å². The molecule has 4 nitrogen and oxygen atoms in total. The molecular weight excluding hydrogens is 284 g/mol. The smallest absolute Gasteiger partial charge is 0.264 e. The zero-order chi connectivity index (χ0) is 15.0. The number of thioether (sulfide) groups is 1. The molecule has 1 aromatic heterocycles. The summed E-state index contributed by atoms with van der Waals surface area (Å²) in [4.78, 5) is 15.4. The average molecular weight is 301 g/mol. The molecule has 1 amide bonds. The Hall–Kier alpha value is -1.63. The lowest BCUT2D eigenvalue weighted by atomic mass is 10.3. The van der Waals surface area contributed by atoms with Crippen molar-refractivity contribution >= 4 is 23.4 Å². The Balaban J connectivity index is 2.28. The van der Waals surface area contributed by atoms with E-state index in [1.165, 1.54) is 11.8 Å². The number of aromatic nitrogens is 1. The number of rotatable bonds is 7. The molecule has 1 heterocycles. The number of carbonyl (C=O) groups excluding carboxylic acids is 1. The van der Waals surface area contributed by atoms with E-state index in [9.17, 15) is 13.6 Å². The summed E-state index contributed by atoms with van der Waals surface area (Å²) in [6.45, 7) is 1.57. The van der Waals surface area contributed by atoms with Crippen LogP contribution in [0.25, 0.3) is 0 Å². The van der Waals surface area contributed by atoms with E-state index < -0.39 is 11.8 Å². The number of nitrogens with one attached hydrogen (secondary N) is 2. The summed E-state index contributed by atoms with van der Waals surface area (Å²) >= 11 is 1.53. The predicted molar refractivity (Wildman–Crippen MR) is 77.3 cm³/mol. The third-order valence-electron chi connectivity index (χ3n) is 2.22. The van der Waals surface area contributed by atoms with Gasteiger partial charge in [0, 0.05) is 38.0 Å². The Morgan fingerprint density at radius 2 is 2.25 bits per heavy atom. The highest BCUT2D eigenvalue weighted by atomic mass is 32.2. The molecule has 0 aliphatic carbocycles. The molecule has 0 atom stereocenters. The molecule has 7 heteroatoms. The summed E-state index contributed by atoms with van der Waals surface area (Å²) in [6.07, 6.45) is 5.04. The van der Waals surface area contributed by atoms with Gasteiger partial charge in [0.05, 0.1) is 5.03 Å². The normalized spacial score (nSPS) is 11.6. The Morgan fingerprint density at radius 3 is 2.90 bits per heavy atom. The number of alkyl halides is 2. The molecule has 0 fully saturated rings. The van der Waals surface area contributed by atoms with Gasteiger partial charge in [-0.15, -0.1) is 11.8 Å². The van der Waals surface area contributed by atoms with Gasteiger partial charge in [-0.25, -0.2) is 13.8 Å². The quantitative estimate of drug-likeness (QED) is 0.462. The first-order valence-corrected chi connectivity index (χ1v) is 7.22. The second kappa shape index (κ2) is 7.84. The van der Waals surface area contributed by atoms with Crippen molar-refractivity contribution < 1.29 is 13.6 Å². The maximum Gasteiger partial charge on any atom is 0.264 e. The number of hydrogen-bond acceptors (Lipinski definition) is 4. The molecule has 1 aromatic rings. The predicted octanol–water partition coefficient (Wildman–Crippen LogP) is 2.54. The third kappa shape index (κ3) is 7.08. The van der Waals surface area contributed by atoms with Gasteiger partial charge in [0.25, 0.3) is 5.92 Å². The lowest BCUT2D eigenvalue weighted by Gasteiger charge is -2.07. The summed E-state index contributed by atoms with van der Waals surface area (Å²) in [7, 11) is 0. The van der Waals surface area contributed by atoms with Crippen molar-refractivity contribution in [3.63, 3.8) is 0 Å². The highest BCUT2D eigenvalue weighted by Crippen LogP contribution is 2.15. The number of halogens is 2. The molecule has 110 valence electrons. The van der Waals surface area contributed by atoms with Gasteiger partial charge in [-0.2, -0.15) is 0 Å². The molecule has 0 aromatic carbocycles. The van der Waals surface area contributed by atoms with Crippen LogP contribution in [0.1, 0.15) is 6.92 Å². The minimum absolute atomic E-state index is 0.343. The summed E-state index contributed by atoms with van der Waals surface area (Å²) < 4.78 is 25.0. The molecule has 0 bridgehead atoms. The van der Waals surface area contributed by atoms with Gasteiger partial charge in [-0.1, -0.05) is 0 Å². The van der Waals surface area contributed by atoms with Crippen LogP contribution >= 0.6 is 11.8 Å². The molecule has 0 unspecified atom stereocenters. The van der Waals surface area contributed by atoms with Crippen LogP contribution in [-0.2, 0) is 4.79 Å². The molecular formula is C13H17F2N3OS. The second-order valence-corrected chi connectivity index (χ2v) is 4.92. The van der Waals surface area contributed by atoms with Gasteiger partial charge in [-0.3, -0.25) is 4.79 Å². The number of allylic oxidation sites excluding steroid dienone is 1. The highest BCUT2D eigenvalue weighted by Gasteiger charge is 2.15. The molecule has 0 aliphatic heterocycles. The van der Waals surface area contributed by atoms with Crippen LogP contribution in [0.3, 0.4) is 0 Å². The number of pyridine rings is 1. The van der Waals surface area contributed by atoms with Gasteiger partial charge < -0.3 is 10.6 Å². The zero-order valence-electron chi connectivity index (χ0n) is 11.3. The number of amides is 1. The lowest BCUT2D eigenvalue weighted by Crippen LogP contribution is -2.27. The van der Waals surface area contributed by atoms with Crippen LogP contribution in [0.2, 0.25) is 0 Å². The Kier molecular flexibility index (Phi) is 6.44. The first kappa shape index (κ1) is 16.4. The van der Waals surface area contributed by atoms with Gasteiger partial charge >= 0.3 is 0 Å². The minimum atomic E-state index is -2.97. The molecule has 0 radical (unpaired) electrons. The monoisotopic (exact) mass is 301 g/mol. The molecule has 0 saturated carbocycles. The van der Waals surface area contributed by atoms with Crippen LogP contribution < -0.4 is 10.6 Å². The van der Waals surface area contributed by atoms with E-state index in [0.717, 1.165) is 23.7 Å². The summed E-state index contributed by atoms with van der Waals surface area (Å²) in [5, 5.41) is 6.51. The topological polar surface area (TPSA) is 54.0 Å². The van der Waals surface area contributed by atoms with Crippen molar-refractivity contribution in [2.24, 2.45) is 0 Å². The molecule has 1 rings (SSSR count). The number of carbonyl (C=O) groups is 1. The summed E-state index contributed by atoms with van der Waals surface area (Å²) in [6, 6.07) is 3.71. The van der Waals surface area contributed by atoms with E-state index in [1.807, 2.05) is 18.4 Å². The Labute approximate surface area is 121 Å². The van der Waals surface area contributed by atoms with Crippen LogP contribution in [0, 0.1) is 0 Å². The molecule has 2 N–H and O–H groups in total. The number of hydrogen-bond donors (Lipinski definition) is 2. The fraction of sp³-hybridized carbons (Fsp3) is 0.385. The second-order valence-electron chi connectivity index (χ2n) is 4.09. The SMILES string of the molecule is CSc1cc(NCCNC(=O)/C=C/C(C)(F)F)ccn1. The van der Waals surface area contributed by atoms with Crippen molar-refractivity contribution in [1.29, 1.82) is 0 Å². The Morgan fingerprint density at radius 1 is 1.50 bits per heavy atom. The summed E-state index contributed by atoms with van der Waals surface area (Å²) in [5.41, 5.74) is 0.897. The minimum Gasteiger partial charge on any atom is -0.383 e. The van der Waals surface area contributed by atoms with Gasteiger partial charge in [0.2, 0.25) is 5.91 Å². The van der Waals surface area contributed by atoms with Crippen LogP contribution in [0.5, 0.6) is 0 Å². The fourth-order valence-electron chi connectivity index (χ4n) is 1.30. The van der Waals surface area contributed by atoms with Crippen molar-refractivity contribution in [2.75, 3.05) is 24.7 Å². The fourth-order valence-corrected chi connectivity index (χ4v) is 1.72.